The highest BCUT2D eigenvalue weighted by atomic mass is 32.2. The number of hydrogen-bond donors (Lipinski definition) is 0. The van der Waals surface area contributed by atoms with Gasteiger partial charge in [0.2, 0.25) is 0 Å². The van der Waals surface area contributed by atoms with Gasteiger partial charge in [-0.3, -0.25) is 10.1 Å². The van der Waals surface area contributed by atoms with Crippen molar-refractivity contribution in [1.29, 1.82) is 0 Å². The van der Waals surface area contributed by atoms with Gasteiger partial charge in [0.15, 0.2) is 0 Å². The third-order valence-electron chi connectivity index (χ3n) is 3.16. The number of para-hydroxylation sites is 1. The summed E-state index contributed by atoms with van der Waals surface area (Å²) in [5.41, 5.74) is 2.64. The summed E-state index contributed by atoms with van der Waals surface area (Å²) in [5.74, 6) is 0.486. The topological polar surface area (TPSA) is 73.8 Å². The zero-order valence-electron chi connectivity index (χ0n) is 11.3. The van der Waals surface area contributed by atoms with E-state index >= 15 is 0 Å². The van der Waals surface area contributed by atoms with E-state index in [2.05, 4.69) is 9.97 Å². The number of pyridine rings is 1. The van der Waals surface area contributed by atoms with Gasteiger partial charge in [0.05, 0.1) is 16.8 Å². The number of benzene rings is 1. The highest BCUT2D eigenvalue weighted by Crippen LogP contribution is 2.30. The number of nitrogens with zero attached hydrogens (tertiary/aromatic N) is 4. The van der Waals surface area contributed by atoms with Gasteiger partial charge in [-0.25, -0.2) is 9.97 Å². The summed E-state index contributed by atoms with van der Waals surface area (Å²) in [4.78, 5) is 19.3. The van der Waals surface area contributed by atoms with Crippen molar-refractivity contribution in [2.24, 2.45) is 7.05 Å². The van der Waals surface area contributed by atoms with Crippen LogP contribution in [0.4, 0.5) is 5.69 Å². The summed E-state index contributed by atoms with van der Waals surface area (Å²) in [7, 11) is 1.92. The molecule has 3 rings (SSSR count). The molecule has 0 aliphatic rings. The Morgan fingerprint density at radius 2 is 2.10 bits per heavy atom. The molecule has 0 amide bonds. The summed E-state index contributed by atoms with van der Waals surface area (Å²) in [6.45, 7) is 0. The Bertz CT molecular complexity index is 816. The second-order valence-electron chi connectivity index (χ2n) is 4.51. The summed E-state index contributed by atoms with van der Waals surface area (Å²) >= 11 is 1.46. The highest BCUT2D eigenvalue weighted by molar-refractivity contribution is 7.98. The molecule has 0 atom stereocenters. The summed E-state index contributed by atoms with van der Waals surface area (Å²) in [6.07, 6.45) is 3.47. The first-order valence-electron chi connectivity index (χ1n) is 6.28. The molecule has 0 saturated carbocycles. The first-order valence-corrected chi connectivity index (χ1v) is 7.26. The maximum Gasteiger partial charge on any atom is 0.273 e. The Morgan fingerprint density at radius 3 is 2.90 bits per heavy atom. The van der Waals surface area contributed by atoms with Gasteiger partial charge in [-0.2, -0.15) is 0 Å². The van der Waals surface area contributed by atoms with Crippen LogP contribution in [0, 0.1) is 10.1 Å². The van der Waals surface area contributed by atoms with Gasteiger partial charge in [-0.1, -0.05) is 30.0 Å². The van der Waals surface area contributed by atoms with Crippen LogP contribution < -0.4 is 0 Å². The van der Waals surface area contributed by atoms with Crippen LogP contribution in [0.1, 0.15) is 5.56 Å². The van der Waals surface area contributed by atoms with Gasteiger partial charge < -0.3 is 4.57 Å². The predicted molar refractivity (Wildman–Crippen MR) is 81.2 cm³/mol. The van der Waals surface area contributed by atoms with Crippen LogP contribution in [-0.2, 0) is 12.8 Å². The largest absolute Gasteiger partial charge is 0.334 e. The van der Waals surface area contributed by atoms with Crippen molar-refractivity contribution >= 4 is 28.5 Å². The van der Waals surface area contributed by atoms with E-state index in [0.717, 1.165) is 16.1 Å². The molecule has 0 saturated heterocycles. The van der Waals surface area contributed by atoms with Crippen LogP contribution in [0.2, 0.25) is 0 Å². The van der Waals surface area contributed by atoms with E-state index in [1.54, 1.807) is 30.7 Å². The van der Waals surface area contributed by atoms with E-state index < -0.39 is 0 Å². The van der Waals surface area contributed by atoms with Crippen LogP contribution in [0.25, 0.3) is 11.0 Å². The smallest absolute Gasteiger partial charge is 0.273 e. The molecule has 3 aromatic rings. The number of imidazole rings is 1. The van der Waals surface area contributed by atoms with Crippen molar-refractivity contribution in [2.45, 2.75) is 10.8 Å². The molecule has 0 aliphatic heterocycles. The molecule has 2 heterocycles. The zero-order valence-corrected chi connectivity index (χ0v) is 12.1. The first-order chi connectivity index (χ1) is 10.2. The molecule has 6 nitrogen and oxygen atoms in total. The van der Waals surface area contributed by atoms with Crippen LogP contribution in [0.3, 0.4) is 0 Å². The Labute approximate surface area is 125 Å². The van der Waals surface area contributed by atoms with Crippen molar-refractivity contribution in [1.82, 2.24) is 14.5 Å². The molecule has 106 valence electrons. The van der Waals surface area contributed by atoms with Crippen LogP contribution in [-0.4, -0.2) is 19.5 Å². The van der Waals surface area contributed by atoms with E-state index in [-0.39, 0.29) is 10.6 Å². The monoisotopic (exact) mass is 300 g/mol. The molecule has 21 heavy (non-hydrogen) atoms. The van der Waals surface area contributed by atoms with Gasteiger partial charge in [-0.15, -0.1) is 0 Å². The lowest BCUT2D eigenvalue weighted by Gasteiger charge is -2.03. The average Bonchev–Trinajstić information content (AvgIpc) is 2.87. The fourth-order valence-electron chi connectivity index (χ4n) is 2.10. The molecule has 0 bridgehead atoms. The Balaban J connectivity index is 1.89. The number of hydrogen-bond acceptors (Lipinski definition) is 5. The Kier molecular flexibility index (Phi) is 3.57. The van der Waals surface area contributed by atoms with Crippen molar-refractivity contribution in [2.75, 3.05) is 0 Å². The van der Waals surface area contributed by atoms with Gasteiger partial charge in [0, 0.05) is 30.6 Å². The van der Waals surface area contributed by atoms with Crippen molar-refractivity contribution in [3.05, 3.63) is 58.5 Å². The van der Waals surface area contributed by atoms with Crippen LogP contribution in [0.5, 0.6) is 0 Å². The third-order valence-corrected chi connectivity index (χ3v) is 4.19. The van der Waals surface area contributed by atoms with Gasteiger partial charge >= 0.3 is 0 Å². The standard InChI is InChI=1S/C14H12N4O2S/c1-17-9-16-13-12(17)6-7-15-14(13)21-8-10-4-2-3-5-11(10)18(19)20/h2-7,9H,8H2,1H3. The van der Waals surface area contributed by atoms with Gasteiger partial charge in [-0.05, 0) is 6.07 Å². The third kappa shape index (κ3) is 2.59. The second-order valence-corrected chi connectivity index (χ2v) is 5.48. The minimum atomic E-state index is -0.356. The molecule has 0 unspecified atom stereocenters. The van der Waals surface area contributed by atoms with Crippen molar-refractivity contribution in [3.8, 4) is 0 Å². The first kappa shape index (κ1) is 13.6. The lowest BCUT2D eigenvalue weighted by Crippen LogP contribution is -1.94. The second kappa shape index (κ2) is 5.53. The summed E-state index contributed by atoms with van der Waals surface area (Å²) in [5, 5.41) is 11.8. The SMILES string of the molecule is Cn1cnc2c(SCc3ccccc3[N+](=O)[O-])nccc21. The minimum absolute atomic E-state index is 0.137. The molecule has 0 fully saturated rings. The number of nitro benzene ring substituents is 1. The average molecular weight is 300 g/mol. The fourth-order valence-corrected chi connectivity index (χ4v) is 3.07. The summed E-state index contributed by atoms with van der Waals surface area (Å²) in [6, 6.07) is 8.66. The van der Waals surface area contributed by atoms with E-state index in [0.29, 0.717) is 11.3 Å². The van der Waals surface area contributed by atoms with Gasteiger partial charge in [0.1, 0.15) is 10.5 Å². The van der Waals surface area contributed by atoms with E-state index in [1.807, 2.05) is 17.7 Å². The number of rotatable bonds is 4. The molecule has 0 N–H and O–H groups in total. The lowest BCUT2D eigenvalue weighted by atomic mass is 10.2. The molecular formula is C14H12N4O2S. The number of thioether (sulfide) groups is 1. The normalized spacial score (nSPS) is 10.9. The molecular weight excluding hydrogens is 288 g/mol. The van der Waals surface area contributed by atoms with Crippen molar-refractivity contribution in [3.63, 3.8) is 0 Å². The lowest BCUT2D eigenvalue weighted by molar-refractivity contribution is -0.385. The molecule has 0 radical (unpaired) electrons. The summed E-state index contributed by atoms with van der Waals surface area (Å²) < 4.78 is 1.92. The Morgan fingerprint density at radius 1 is 1.29 bits per heavy atom. The number of fused-ring (bicyclic) bond motifs is 1. The van der Waals surface area contributed by atoms with Gasteiger partial charge in [0.25, 0.3) is 5.69 Å². The zero-order chi connectivity index (χ0) is 14.8. The molecule has 2 aromatic heterocycles. The maximum absolute atomic E-state index is 11.0. The van der Waals surface area contributed by atoms with Crippen LogP contribution >= 0.6 is 11.8 Å². The maximum atomic E-state index is 11.0. The fraction of sp³-hybridized carbons (Fsp3) is 0.143. The van der Waals surface area contributed by atoms with E-state index in [9.17, 15) is 10.1 Å². The minimum Gasteiger partial charge on any atom is -0.334 e. The molecule has 7 heteroatoms. The number of aryl methyl sites for hydroxylation is 1. The van der Waals surface area contributed by atoms with E-state index in [1.165, 1.54) is 17.8 Å². The number of aromatic nitrogens is 3. The highest BCUT2D eigenvalue weighted by Gasteiger charge is 2.14. The quantitative estimate of drug-likeness (QED) is 0.420. The van der Waals surface area contributed by atoms with Crippen LogP contribution in [0.15, 0.2) is 47.9 Å². The predicted octanol–water partition coefficient (Wildman–Crippen LogP) is 3.17. The number of nitro groups is 1. The molecule has 0 aliphatic carbocycles. The molecule has 0 spiro atoms. The Hall–Kier alpha value is -2.41. The van der Waals surface area contributed by atoms with Crippen molar-refractivity contribution < 1.29 is 4.92 Å². The van der Waals surface area contributed by atoms with E-state index in [4.69, 9.17) is 0 Å². The molecule has 1 aromatic carbocycles.